The smallest absolute Gasteiger partial charge is 0.250 e. The van der Waals surface area contributed by atoms with Crippen molar-refractivity contribution in [1.82, 2.24) is 4.72 Å². The molecule has 2 N–H and O–H groups in total. The molecule has 0 aliphatic heterocycles. The zero-order chi connectivity index (χ0) is 15.9. The third-order valence-corrected chi connectivity index (χ3v) is 6.80. The van der Waals surface area contributed by atoms with Crippen LogP contribution in [0.15, 0.2) is 16.3 Å². The van der Waals surface area contributed by atoms with Crippen molar-refractivity contribution in [1.29, 1.82) is 0 Å². The number of halogens is 1. The molecule has 0 fully saturated rings. The van der Waals surface area contributed by atoms with Crippen LogP contribution in [-0.2, 0) is 10.0 Å². The normalized spacial score (nSPS) is 15.0. The summed E-state index contributed by atoms with van der Waals surface area (Å²) in [6.07, 6.45) is 5.06. The summed E-state index contributed by atoms with van der Waals surface area (Å²) in [5, 5.41) is 9.55. The van der Waals surface area contributed by atoms with E-state index in [-0.39, 0.29) is 16.7 Å². The van der Waals surface area contributed by atoms with E-state index < -0.39 is 16.1 Å². The van der Waals surface area contributed by atoms with Gasteiger partial charge in [-0.15, -0.1) is 11.3 Å². The lowest BCUT2D eigenvalue weighted by molar-refractivity contribution is 0.204. The highest BCUT2D eigenvalue weighted by Crippen LogP contribution is 2.26. The number of rotatable bonds is 10. The number of sulfonamides is 1. The van der Waals surface area contributed by atoms with Gasteiger partial charge >= 0.3 is 0 Å². The second kappa shape index (κ2) is 9.10. The lowest BCUT2D eigenvalue weighted by Gasteiger charge is -2.25. The van der Waals surface area contributed by atoms with Crippen molar-refractivity contribution in [3.8, 4) is 0 Å². The van der Waals surface area contributed by atoms with E-state index in [9.17, 15) is 13.5 Å². The monoisotopic (exact) mass is 353 g/mol. The Morgan fingerprint density at radius 3 is 2.52 bits per heavy atom. The van der Waals surface area contributed by atoms with Crippen LogP contribution in [0.4, 0.5) is 0 Å². The molecule has 1 rings (SSSR count). The first-order chi connectivity index (χ1) is 9.94. The maximum atomic E-state index is 12.3. The largest absolute Gasteiger partial charge is 0.395 e. The van der Waals surface area contributed by atoms with Gasteiger partial charge < -0.3 is 5.11 Å². The molecule has 0 aliphatic rings. The van der Waals surface area contributed by atoms with E-state index in [4.69, 9.17) is 11.6 Å². The minimum Gasteiger partial charge on any atom is -0.395 e. The maximum Gasteiger partial charge on any atom is 0.250 e. The molecule has 7 heteroatoms. The minimum absolute atomic E-state index is 0.145. The molecule has 0 amide bonds. The molecule has 1 aromatic rings. The fourth-order valence-electron chi connectivity index (χ4n) is 2.33. The summed E-state index contributed by atoms with van der Waals surface area (Å²) in [5.74, 6) is 0.145. The molecule has 0 saturated heterocycles. The third-order valence-electron chi connectivity index (χ3n) is 3.59. The predicted molar refractivity (Wildman–Crippen MR) is 88.4 cm³/mol. The van der Waals surface area contributed by atoms with Crippen LogP contribution in [0.3, 0.4) is 0 Å². The summed E-state index contributed by atoms with van der Waals surface area (Å²) >= 11 is 6.81. The molecule has 0 spiro atoms. The molecule has 122 valence electrons. The van der Waals surface area contributed by atoms with E-state index in [0.717, 1.165) is 43.4 Å². The van der Waals surface area contributed by atoms with Crippen LogP contribution in [0.1, 0.15) is 46.0 Å². The maximum absolute atomic E-state index is 12.3. The second-order valence-corrected chi connectivity index (χ2v) is 8.79. The molecule has 2 atom stereocenters. The summed E-state index contributed by atoms with van der Waals surface area (Å²) in [6.45, 7) is 3.96. The number of nitrogens with one attached hydrogen (secondary N) is 1. The molecule has 1 aromatic heterocycles. The Morgan fingerprint density at radius 1 is 1.33 bits per heavy atom. The molecule has 0 unspecified atom stereocenters. The van der Waals surface area contributed by atoms with E-state index >= 15 is 0 Å². The highest BCUT2D eigenvalue weighted by Gasteiger charge is 2.26. The van der Waals surface area contributed by atoms with Gasteiger partial charge in [-0.05, 0) is 24.5 Å². The summed E-state index contributed by atoms with van der Waals surface area (Å²) in [7, 11) is -3.61. The van der Waals surface area contributed by atoms with Crippen molar-refractivity contribution in [2.24, 2.45) is 5.92 Å². The third kappa shape index (κ3) is 5.87. The summed E-state index contributed by atoms with van der Waals surface area (Å²) in [4.78, 5) is 0. The van der Waals surface area contributed by atoms with Gasteiger partial charge in [0.1, 0.15) is 4.21 Å². The Balaban J connectivity index is 2.75. The van der Waals surface area contributed by atoms with Gasteiger partial charge in [0, 0.05) is 6.04 Å². The van der Waals surface area contributed by atoms with E-state index in [1.165, 1.54) is 6.07 Å². The van der Waals surface area contributed by atoms with Crippen LogP contribution >= 0.6 is 22.9 Å². The molecule has 0 radical (unpaired) electrons. The van der Waals surface area contributed by atoms with Gasteiger partial charge in [-0.3, -0.25) is 0 Å². The molecule has 1 heterocycles. The first-order valence-electron chi connectivity index (χ1n) is 7.33. The van der Waals surface area contributed by atoms with E-state index in [2.05, 4.69) is 11.6 Å². The fraction of sp³-hybridized carbons (Fsp3) is 0.714. The zero-order valence-electron chi connectivity index (χ0n) is 12.5. The minimum atomic E-state index is -3.61. The molecule has 0 bridgehead atoms. The Hall–Kier alpha value is -0.140. The molecule has 0 aromatic carbocycles. The van der Waals surface area contributed by atoms with Crippen LogP contribution in [0.25, 0.3) is 0 Å². The second-order valence-electron chi connectivity index (χ2n) is 5.13. The van der Waals surface area contributed by atoms with Crippen molar-refractivity contribution in [2.45, 2.75) is 56.2 Å². The van der Waals surface area contributed by atoms with Crippen LogP contribution in [0, 0.1) is 5.92 Å². The summed E-state index contributed by atoms with van der Waals surface area (Å²) in [6, 6.07) is 2.60. The fourth-order valence-corrected chi connectivity index (χ4v) is 5.12. The van der Waals surface area contributed by atoms with Gasteiger partial charge in [0.05, 0.1) is 10.9 Å². The van der Waals surface area contributed by atoms with Crippen molar-refractivity contribution in [2.75, 3.05) is 6.61 Å². The summed E-state index contributed by atoms with van der Waals surface area (Å²) in [5.41, 5.74) is 0. The van der Waals surface area contributed by atoms with Crippen molar-refractivity contribution in [3.05, 3.63) is 16.5 Å². The number of hydrogen-bond acceptors (Lipinski definition) is 4. The predicted octanol–water partition coefficient (Wildman–Crippen LogP) is 3.65. The number of aliphatic hydroxyl groups excluding tert-OH is 1. The van der Waals surface area contributed by atoms with Gasteiger partial charge in [-0.25, -0.2) is 13.1 Å². The number of hydrogen-bond donors (Lipinski definition) is 2. The first-order valence-corrected chi connectivity index (χ1v) is 10.0. The molecule has 4 nitrogen and oxygen atoms in total. The average Bonchev–Trinajstić information content (AvgIpc) is 2.89. The van der Waals surface area contributed by atoms with Gasteiger partial charge in [0.25, 0.3) is 0 Å². The Morgan fingerprint density at radius 2 is 2.05 bits per heavy atom. The van der Waals surface area contributed by atoms with Gasteiger partial charge in [-0.2, -0.15) is 0 Å². The molecule has 0 aliphatic carbocycles. The van der Waals surface area contributed by atoms with E-state index in [1.807, 2.05) is 6.92 Å². The Bertz CT molecular complexity index is 516. The lowest BCUT2D eigenvalue weighted by Crippen LogP contribution is -2.42. The standard InChI is InChI=1S/C14H24ClNO3S2/c1-3-5-6-7-11(4-2)12(10-17)16-21(18,19)14-9-8-13(15)20-14/h8-9,11-12,16-17H,3-7,10H2,1-2H3/t11-,12-/m0/s1. The first kappa shape index (κ1) is 18.9. The number of unbranched alkanes of at least 4 members (excludes halogenated alkanes) is 2. The highest BCUT2D eigenvalue weighted by atomic mass is 35.5. The Labute approximate surface area is 136 Å². The quantitative estimate of drug-likeness (QED) is 0.631. The van der Waals surface area contributed by atoms with E-state index in [0.29, 0.717) is 4.34 Å². The average molecular weight is 354 g/mol. The SMILES string of the molecule is CCCCC[C@H](CC)[C@H](CO)NS(=O)(=O)c1ccc(Cl)s1. The van der Waals surface area contributed by atoms with Gasteiger partial charge in [0.15, 0.2) is 0 Å². The zero-order valence-corrected chi connectivity index (χ0v) is 14.9. The van der Waals surface area contributed by atoms with Gasteiger partial charge in [0.2, 0.25) is 10.0 Å². The van der Waals surface area contributed by atoms with Crippen LogP contribution in [0.5, 0.6) is 0 Å². The van der Waals surface area contributed by atoms with Crippen LogP contribution in [-0.4, -0.2) is 26.2 Å². The number of aliphatic hydroxyl groups is 1. The van der Waals surface area contributed by atoms with Crippen molar-refractivity contribution >= 4 is 33.0 Å². The topological polar surface area (TPSA) is 66.4 Å². The lowest BCUT2D eigenvalue weighted by atomic mass is 9.92. The molecule has 21 heavy (non-hydrogen) atoms. The number of thiophene rings is 1. The van der Waals surface area contributed by atoms with Crippen molar-refractivity contribution in [3.63, 3.8) is 0 Å². The van der Waals surface area contributed by atoms with E-state index in [1.54, 1.807) is 6.07 Å². The molecule has 0 saturated carbocycles. The van der Waals surface area contributed by atoms with Crippen LogP contribution < -0.4 is 4.72 Å². The highest BCUT2D eigenvalue weighted by molar-refractivity contribution is 7.91. The molecular formula is C14H24ClNO3S2. The van der Waals surface area contributed by atoms with Crippen LogP contribution in [0.2, 0.25) is 4.34 Å². The molecular weight excluding hydrogens is 330 g/mol. The Kier molecular flexibility index (Phi) is 8.19. The van der Waals surface area contributed by atoms with Gasteiger partial charge in [-0.1, -0.05) is 51.1 Å². The van der Waals surface area contributed by atoms with Crippen molar-refractivity contribution < 1.29 is 13.5 Å². The summed E-state index contributed by atoms with van der Waals surface area (Å²) < 4.78 is 27.8.